The Morgan fingerprint density at radius 3 is 3.00 bits per heavy atom. The standard InChI is InChI=1S/C10H16N2OS2/c13-9(5-8-3-1-2-4-8)6-14-10-11-7-12-15-10/h7-9,13H,1-6H2. The number of rotatable bonds is 5. The summed E-state index contributed by atoms with van der Waals surface area (Å²) in [6, 6.07) is 0. The largest absolute Gasteiger partial charge is 0.392 e. The zero-order valence-electron chi connectivity index (χ0n) is 8.63. The third-order valence-electron chi connectivity index (χ3n) is 2.82. The summed E-state index contributed by atoms with van der Waals surface area (Å²) in [7, 11) is 0. The zero-order valence-corrected chi connectivity index (χ0v) is 10.3. The second kappa shape index (κ2) is 5.82. The van der Waals surface area contributed by atoms with E-state index >= 15 is 0 Å². The molecule has 1 N–H and O–H groups in total. The second-order valence-electron chi connectivity index (χ2n) is 4.06. The van der Waals surface area contributed by atoms with Gasteiger partial charge in [0.25, 0.3) is 0 Å². The molecule has 3 nitrogen and oxygen atoms in total. The fourth-order valence-corrected chi connectivity index (χ4v) is 3.51. The van der Waals surface area contributed by atoms with Crippen LogP contribution in [0.1, 0.15) is 32.1 Å². The van der Waals surface area contributed by atoms with E-state index in [1.165, 1.54) is 37.2 Å². The SMILES string of the molecule is OC(CSc1ncns1)CC1CCCC1. The summed E-state index contributed by atoms with van der Waals surface area (Å²) in [5, 5.41) is 9.84. The van der Waals surface area contributed by atoms with Crippen LogP contribution in [0.15, 0.2) is 10.7 Å². The highest BCUT2D eigenvalue weighted by Crippen LogP contribution is 2.30. The molecule has 1 saturated carbocycles. The average molecular weight is 244 g/mol. The van der Waals surface area contributed by atoms with Gasteiger partial charge >= 0.3 is 0 Å². The van der Waals surface area contributed by atoms with Gasteiger partial charge in [-0.05, 0) is 23.9 Å². The summed E-state index contributed by atoms with van der Waals surface area (Å²) in [5.41, 5.74) is 0. The van der Waals surface area contributed by atoms with Gasteiger partial charge in [-0.15, -0.1) is 0 Å². The first-order valence-electron chi connectivity index (χ1n) is 5.42. The summed E-state index contributed by atoms with van der Waals surface area (Å²) in [6.45, 7) is 0. The molecule has 1 aromatic rings. The van der Waals surface area contributed by atoms with Gasteiger partial charge in [0.2, 0.25) is 0 Å². The second-order valence-corrected chi connectivity index (χ2v) is 6.11. The normalized spacial score (nSPS) is 19.5. The lowest BCUT2D eigenvalue weighted by Crippen LogP contribution is -2.14. The quantitative estimate of drug-likeness (QED) is 0.809. The van der Waals surface area contributed by atoms with Gasteiger partial charge in [-0.25, -0.2) is 4.98 Å². The van der Waals surface area contributed by atoms with Crippen molar-refractivity contribution in [2.45, 2.75) is 42.5 Å². The van der Waals surface area contributed by atoms with Gasteiger partial charge in [-0.2, -0.15) is 4.37 Å². The molecule has 1 heterocycles. The van der Waals surface area contributed by atoms with Gasteiger partial charge in [-0.1, -0.05) is 37.4 Å². The molecule has 0 amide bonds. The van der Waals surface area contributed by atoms with E-state index in [9.17, 15) is 5.11 Å². The number of nitrogens with zero attached hydrogens (tertiary/aromatic N) is 2. The van der Waals surface area contributed by atoms with Crippen molar-refractivity contribution in [3.05, 3.63) is 6.33 Å². The molecule has 0 saturated heterocycles. The minimum Gasteiger partial charge on any atom is -0.392 e. The predicted octanol–water partition coefficient (Wildman–Crippen LogP) is 2.57. The fourth-order valence-electron chi connectivity index (χ4n) is 2.09. The molecule has 15 heavy (non-hydrogen) atoms. The lowest BCUT2D eigenvalue weighted by Gasteiger charge is -2.13. The molecule has 0 aliphatic heterocycles. The number of aliphatic hydroxyl groups excluding tert-OH is 1. The lowest BCUT2D eigenvalue weighted by molar-refractivity contribution is 0.166. The predicted molar refractivity (Wildman–Crippen MR) is 63.2 cm³/mol. The van der Waals surface area contributed by atoms with Crippen molar-refractivity contribution in [1.29, 1.82) is 0 Å². The molecular weight excluding hydrogens is 228 g/mol. The monoisotopic (exact) mass is 244 g/mol. The van der Waals surface area contributed by atoms with Gasteiger partial charge < -0.3 is 5.11 Å². The van der Waals surface area contributed by atoms with Gasteiger partial charge in [0.15, 0.2) is 4.34 Å². The number of thioether (sulfide) groups is 1. The summed E-state index contributed by atoms with van der Waals surface area (Å²) < 4.78 is 4.89. The van der Waals surface area contributed by atoms with Crippen molar-refractivity contribution in [2.24, 2.45) is 5.92 Å². The molecule has 0 bridgehead atoms. The van der Waals surface area contributed by atoms with Crippen LogP contribution in [0, 0.1) is 5.92 Å². The summed E-state index contributed by atoms with van der Waals surface area (Å²) in [5.74, 6) is 1.51. The van der Waals surface area contributed by atoms with Crippen LogP contribution in [0.25, 0.3) is 0 Å². The minimum atomic E-state index is -0.179. The first kappa shape index (κ1) is 11.4. The maximum absolute atomic E-state index is 9.84. The van der Waals surface area contributed by atoms with Crippen LogP contribution in [0.5, 0.6) is 0 Å². The zero-order chi connectivity index (χ0) is 10.5. The number of hydrogen-bond donors (Lipinski definition) is 1. The Morgan fingerprint density at radius 1 is 1.53 bits per heavy atom. The highest BCUT2D eigenvalue weighted by molar-refractivity contribution is 8.00. The number of hydrogen-bond acceptors (Lipinski definition) is 5. The van der Waals surface area contributed by atoms with E-state index in [2.05, 4.69) is 9.36 Å². The van der Waals surface area contributed by atoms with E-state index in [0.717, 1.165) is 22.4 Å². The van der Waals surface area contributed by atoms with Crippen molar-refractivity contribution in [3.63, 3.8) is 0 Å². The van der Waals surface area contributed by atoms with E-state index in [0.29, 0.717) is 0 Å². The van der Waals surface area contributed by atoms with E-state index in [4.69, 9.17) is 0 Å². The topological polar surface area (TPSA) is 46.0 Å². The average Bonchev–Trinajstić information content (AvgIpc) is 2.86. The van der Waals surface area contributed by atoms with Gasteiger partial charge in [0.1, 0.15) is 6.33 Å². The molecule has 5 heteroatoms. The smallest absolute Gasteiger partial charge is 0.169 e. The first-order chi connectivity index (χ1) is 7.34. The molecular formula is C10H16N2OS2. The highest BCUT2D eigenvalue weighted by Gasteiger charge is 2.19. The van der Waals surface area contributed by atoms with Crippen LogP contribution in [-0.2, 0) is 0 Å². The molecule has 2 rings (SSSR count). The molecule has 1 aliphatic rings. The Bertz CT molecular complexity index is 273. The van der Waals surface area contributed by atoms with Crippen LogP contribution in [0.3, 0.4) is 0 Å². The molecule has 1 atom stereocenters. The van der Waals surface area contributed by atoms with Crippen LogP contribution in [0.2, 0.25) is 0 Å². The highest BCUT2D eigenvalue weighted by atomic mass is 32.2. The van der Waals surface area contributed by atoms with Gasteiger partial charge in [0, 0.05) is 5.75 Å². The van der Waals surface area contributed by atoms with Crippen LogP contribution in [0.4, 0.5) is 0 Å². The molecule has 0 spiro atoms. The molecule has 84 valence electrons. The number of aliphatic hydroxyl groups is 1. The maximum atomic E-state index is 9.84. The van der Waals surface area contributed by atoms with E-state index in [-0.39, 0.29) is 6.10 Å². The van der Waals surface area contributed by atoms with E-state index < -0.39 is 0 Å². The van der Waals surface area contributed by atoms with Crippen molar-refractivity contribution >= 4 is 23.3 Å². The van der Waals surface area contributed by atoms with Crippen LogP contribution in [-0.4, -0.2) is 26.3 Å². The van der Waals surface area contributed by atoms with Crippen LogP contribution < -0.4 is 0 Å². The van der Waals surface area contributed by atoms with Crippen molar-refractivity contribution < 1.29 is 5.11 Å². The first-order valence-corrected chi connectivity index (χ1v) is 7.18. The molecule has 0 radical (unpaired) electrons. The molecule has 1 fully saturated rings. The van der Waals surface area contributed by atoms with Gasteiger partial charge in [-0.3, -0.25) is 0 Å². The summed E-state index contributed by atoms with van der Waals surface area (Å²) in [6.07, 6.45) is 7.66. The van der Waals surface area contributed by atoms with Crippen molar-refractivity contribution in [2.75, 3.05) is 5.75 Å². The van der Waals surface area contributed by atoms with E-state index in [1.807, 2.05) is 0 Å². The maximum Gasteiger partial charge on any atom is 0.169 e. The van der Waals surface area contributed by atoms with Crippen LogP contribution >= 0.6 is 23.3 Å². The Hall–Kier alpha value is -0.130. The third-order valence-corrected chi connectivity index (χ3v) is 4.76. The van der Waals surface area contributed by atoms with Gasteiger partial charge in [0.05, 0.1) is 6.10 Å². The minimum absolute atomic E-state index is 0.179. The molecule has 1 aromatic heterocycles. The fraction of sp³-hybridized carbons (Fsp3) is 0.800. The number of aromatic nitrogens is 2. The van der Waals surface area contributed by atoms with Crippen molar-refractivity contribution in [3.8, 4) is 0 Å². The Morgan fingerprint density at radius 2 is 2.33 bits per heavy atom. The molecule has 1 aliphatic carbocycles. The Labute approximate surface area is 98.5 Å². The lowest BCUT2D eigenvalue weighted by atomic mass is 10.0. The molecule has 1 unspecified atom stereocenters. The Kier molecular flexibility index (Phi) is 4.41. The summed E-state index contributed by atoms with van der Waals surface area (Å²) >= 11 is 3.01. The third kappa shape index (κ3) is 3.74. The Balaban J connectivity index is 1.66. The van der Waals surface area contributed by atoms with Crippen molar-refractivity contribution in [1.82, 2.24) is 9.36 Å². The summed E-state index contributed by atoms with van der Waals surface area (Å²) in [4.78, 5) is 4.08. The van der Waals surface area contributed by atoms with E-state index in [1.54, 1.807) is 18.1 Å². The molecule has 0 aromatic carbocycles.